The lowest BCUT2D eigenvalue weighted by Crippen LogP contribution is -2.19. The van der Waals surface area contributed by atoms with Crippen LogP contribution < -0.4 is 10.1 Å². The molecule has 1 aromatic rings. The van der Waals surface area contributed by atoms with Crippen LogP contribution in [-0.4, -0.2) is 33.3 Å². The van der Waals surface area contributed by atoms with Crippen LogP contribution >= 0.6 is 15.9 Å². The summed E-state index contributed by atoms with van der Waals surface area (Å²) in [5.41, 5.74) is 1.05. The first-order valence-electron chi connectivity index (χ1n) is 6.53. The Morgan fingerprint density at radius 3 is 2.65 bits per heavy atom. The Hall–Kier alpha value is -0.720. The van der Waals surface area contributed by atoms with Gasteiger partial charge >= 0.3 is 0 Å². The Morgan fingerprint density at radius 1 is 1.35 bits per heavy atom. The number of rotatable bonds is 9. The lowest BCUT2D eigenvalue weighted by atomic mass is 10.0. The standard InChI is InChI=1S/C14H20BrF2NO2/c1-3-20-10-4-5-11(12(15)8-10)13(18-2)6-7-19-9-14(16)17/h4-5,8,13-14,18H,3,6-7,9H2,1-2H3. The molecule has 1 N–H and O–H groups in total. The maximum absolute atomic E-state index is 12.0. The van der Waals surface area contributed by atoms with Gasteiger partial charge < -0.3 is 14.8 Å². The number of nitrogens with one attached hydrogen (secondary N) is 1. The van der Waals surface area contributed by atoms with Gasteiger partial charge in [-0.1, -0.05) is 22.0 Å². The van der Waals surface area contributed by atoms with Gasteiger partial charge in [0.1, 0.15) is 12.4 Å². The number of hydrogen-bond donors (Lipinski definition) is 1. The van der Waals surface area contributed by atoms with Crippen molar-refractivity contribution in [1.82, 2.24) is 5.32 Å². The summed E-state index contributed by atoms with van der Waals surface area (Å²) < 4.78 is 35.2. The van der Waals surface area contributed by atoms with Crippen LogP contribution in [0.5, 0.6) is 5.75 Å². The Bertz CT molecular complexity index is 405. The number of halogens is 3. The van der Waals surface area contributed by atoms with Crippen molar-refractivity contribution in [2.45, 2.75) is 25.8 Å². The van der Waals surface area contributed by atoms with E-state index >= 15 is 0 Å². The molecule has 0 aromatic heterocycles. The van der Waals surface area contributed by atoms with Gasteiger partial charge in [0.15, 0.2) is 0 Å². The van der Waals surface area contributed by atoms with Gasteiger partial charge in [0.05, 0.1) is 6.61 Å². The zero-order chi connectivity index (χ0) is 15.0. The van der Waals surface area contributed by atoms with Crippen LogP contribution in [0.1, 0.15) is 24.9 Å². The van der Waals surface area contributed by atoms with Crippen molar-refractivity contribution in [2.75, 3.05) is 26.9 Å². The summed E-state index contributed by atoms with van der Waals surface area (Å²) in [5, 5.41) is 3.16. The Kier molecular flexibility index (Phi) is 8.02. The van der Waals surface area contributed by atoms with Gasteiger partial charge in [0, 0.05) is 17.1 Å². The van der Waals surface area contributed by atoms with Crippen LogP contribution in [0.2, 0.25) is 0 Å². The average Bonchev–Trinajstić information content (AvgIpc) is 2.40. The lowest BCUT2D eigenvalue weighted by Gasteiger charge is -2.19. The quantitative estimate of drug-likeness (QED) is 0.686. The molecule has 0 bridgehead atoms. The van der Waals surface area contributed by atoms with Crippen LogP contribution in [0.15, 0.2) is 22.7 Å². The third kappa shape index (κ3) is 5.73. The number of alkyl halides is 2. The highest BCUT2D eigenvalue weighted by molar-refractivity contribution is 9.10. The highest BCUT2D eigenvalue weighted by atomic mass is 79.9. The van der Waals surface area contributed by atoms with E-state index in [1.165, 1.54) is 0 Å². The topological polar surface area (TPSA) is 30.5 Å². The van der Waals surface area contributed by atoms with Crippen molar-refractivity contribution in [3.63, 3.8) is 0 Å². The minimum Gasteiger partial charge on any atom is -0.494 e. The largest absolute Gasteiger partial charge is 0.494 e. The third-order valence-corrected chi connectivity index (χ3v) is 3.49. The van der Waals surface area contributed by atoms with E-state index in [9.17, 15) is 8.78 Å². The molecule has 0 radical (unpaired) electrons. The molecule has 1 unspecified atom stereocenters. The van der Waals surface area contributed by atoms with Crippen LogP contribution in [0.3, 0.4) is 0 Å². The van der Waals surface area contributed by atoms with Gasteiger partial charge in [-0.2, -0.15) is 0 Å². The van der Waals surface area contributed by atoms with Crippen molar-refractivity contribution in [3.8, 4) is 5.75 Å². The molecule has 0 aliphatic heterocycles. The van der Waals surface area contributed by atoms with Gasteiger partial charge in [-0.3, -0.25) is 0 Å². The fourth-order valence-electron chi connectivity index (χ4n) is 1.88. The predicted molar refractivity (Wildman–Crippen MR) is 78.6 cm³/mol. The van der Waals surface area contributed by atoms with Crippen LogP contribution in [0.4, 0.5) is 8.78 Å². The molecular formula is C14H20BrF2NO2. The molecule has 0 aliphatic carbocycles. The summed E-state index contributed by atoms with van der Waals surface area (Å²) in [4.78, 5) is 0. The molecule has 20 heavy (non-hydrogen) atoms. The molecule has 6 heteroatoms. The molecular weight excluding hydrogens is 332 g/mol. The molecule has 0 heterocycles. The second-order valence-electron chi connectivity index (χ2n) is 4.21. The van der Waals surface area contributed by atoms with Crippen molar-refractivity contribution >= 4 is 15.9 Å². The summed E-state index contributed by atoms with van der Waals surface area (Å²) in [5.74, 6) is 0.798. The van der Waals surface area contributed by atoms with E-state index < -0.39 is 13.0 Å². The highest BCUT2D eigenvalue weighted by Crippen LogP contribution is 2.29. The van der Waals surface area contributed by atoms with Gasteiger partial charge in [-0.05, 0) is 38.1 Å². The van der Waals surface area contributed by atoms with Gasteiger partial charge in [0.25, 0.3) is 6.43 Å². The van der Waals surface area contributed by atoms with Gasteiger partial charge in [0.2, 0.25) is 0 Å². The summed E-state index contributed by atoms with van der Waals surface area (Å²) in [6, 6.07) is 5.80. The zero-order valence-electron chi connectivity index (χ0n) is 11.7. The first kappa shape index (κ1) is 17.3. The van der Waals surface area contributed by atoms with Crippen molar-refractivity contribution < 1.29 is 18.3 Å². The van der Waals surface area contributed by atoms with E-state index in [0.717, 1.165) is 15.8 Å². The summed E-state index contributed by atoms with van der Waals surface area (Å²) in [6.45, 7) is 2.32. The van der Waals surface area contributed by atoms with E-state index in [4.69, 9.17) is 9.47 Å². The molecule has 3 nitrogen and oxygen atoms in total. The zero-order valence-corrected chi connectivity index (χ0v) is 13.3. The van der Waals surface area contributed by atoms with Crippen LogP contribution in [-0.2, 0) is 4.74 Å². The van der Waals surface area contributed by atoms with Crippen molar-refractivity contribution in [3.05, 3.63) is 28.2 Å². The molecule has 1 aromatic carbocycles. The normalized spacial score (nSPS) is 12.7. The van der Waals surface area contributed by atoms with Crippen molar-refractivity contribution in [2.24, 2.45) is 0 Å². The minimum absolute atomic E-state index is 0.0396. The van der Waals surface area contributed by atoms with Gasteiger partial charge in [-0.15, -0.1) is 0 Å². The number of benzene rings is 1. The van der Waals surface area contributed by atoms with Crippen LogP contribution in [0.25, 0.3) is 0 Å². The Labute approximate surface area is 126 Å². The number of hydrogen-bond acceptors (Lipinski definition) is 3. The molecule has 0 amide bonds. The molecule has 0 spiro atoms. The summed E-state index contributed by atoms with van der Waals surface area (Å²) in [7, 11) is 1.83. The monoisotopic (exact) mass is 351 g/mol. The Morgan fingerprint density at radius 2 is 2.10 bits per heavy atom. The maximum Gasteiger partial charge on any atom is 0.261 e. The van der Waals surface area contributed by atoms with E-state index in [1.54, 1.807) is 0 Å². The summed E-state index contributed by atoms with van der Waals surface area (Å²) >= 11 is 3.51. The minimum atomic E-state index is -2.42. The second-order valence-corrected chi connectivity index (χ2v) is 5.07. The third-order valence-electron chi connectivity index (χ3n) is 2.80. The van der Waals surface area contributed by atoms with E-state index in [2.05, 4.69) is 21.2 Å². The summed E-state index contributed by atoms with van der Waals surface area (Å²) in [6.07, 6.45) is -1.80. The molecule has 0 aliphatic rings. The lowest BCUT2D eigenvalue weighted by molar-refractivity contribution is 0.0145. The molecule has 0 saturated carbocycles. The Balaban J connectivity index is 2.60. The predicted octanol–water partition coefficient (Wildman–Crippen LogP) is 3.78. The second kappa shape index (κ2) is 9.26. The SMILES string of the molecule is CCOc1ccc(C(CCOCC(F)F)NC)c(Br)c1. The fraction of sp³-hybridized carbons (Fsp3) is 0.571. The highest BCUT2D eigenvalue weighted by Gasteiger charge is 2.14. The molecule has 0 fully saturated rings. The number of ether oxygens (including phenoxy) is 2. The van der Waals surface area contributed by atoms with Gasteiger partial charge in [-0.25, -0.2) is 8.78 Å². The first-order valence-corrected chi connectivity index (χ1v) is 7.33. The molecule has 1 atom stereocenters. The van der Waals surface area contributed by atoms with Crippen LogP contribution in [0, 0.1) is 0 Å². The fourth-order valence-corrected chi connectivity index (χ4v) is 2.51. The van der Waals surface area contributed by atoms with E-state index in [-0.39, 0.29) is 12.6 Å². The molecule has 1 rings (SSSR count). The first-order chi connectivity index (χ1) is 9.58. The van der Waals surface area contributed by atoms with Crippen molar-refractivity contribution in [1.29, 1.82) is 0 Å². The van der Waals surface area contributed by atoms with E-state index in [0.29, 0.717) is 13.0 Å². The molecule has 0 saturated heterocycles. The van der Waals surface area contributed by atoms with E-state index in [1.807, 2.05) is 32.2 Å². The smallest absolute Gasteiger partial charge is 0.261 e. The molecule has 114 valence electrons. The average molecular weight is 352 g/mol. The maximum atomic E-state index is 12.0.